The lowest BCUT2D eigenvalue weighted by molar-refractivity contribution is -0.164. The Hall–Kier alpha value is -4.19. The number of aromatic nitrogens is 1. The van der Waals surface area contributed by atoms with Gasteiger partial charge in [-0.2, -0.15) is 0 Å². The van der Waals surface area contributed by atoms with Crippen LogP contribution in [0.4, 0.5) is 0 Å². The zero-order valence-corrected chi connectivity index (χ0v) is 25.3. The highest BCUT2D eigenvalue weighted by molar-refractivity contribution is 5.98. The molecule has 2 aliphatic rings. The lowest BCUT2D eigenvalue weighted by Gasteiger charge is -2.29. The highest BCUT2D eigenvalue weighted by atomic mass is 16.7. The SMILES string of the molecule is CCCO[C@H]1[C@H](C)OC(=O)[C@@H](NC(=O)c2nccc(OC)c2OCOC(=O)C2CCCC2)COC(=O)[C@@H]1Cc1ccccc1. The van der Waals surface area contributed by atoms with E-state index >= 15 is 0 Å². The van der Waals surface area contributed by atoms with Crippen molar-refractivity contribution < 1.29 is 47.6 Å². The minimum absolute atomic E-state index is 0.0792. The first-order valence-electron chi connectivity index (χ1n) is 15.0. The van der Waals surface area contributed by atoms with E-state index in [1.807, 2.05) is 37.3 Å². The van der Waals surface area contributed by atoms with Crippen LogP contribution in [0.3, 0.4) is 0 Å². The molecule has 1 aromatic heterocycles. The molecule has 12 nitrogen and oxygen atoms in total. The van der Waals surface area contributed by atoms with Gasteiger partial charge in [-0.3, -0.25) is 14.4 Å². The maximum atomic E-state index is 13.4. The van der Waals surface area contributed by atoms with E-state index in [-0.39, 0.29) is 29.1 Å². The predicted octanol–water partition coefficient (Wildman–Crippen LogP) is 3.40. The number of cyclic esters (lactones) is 2. The molecule has 4 atom stereocenters. The molecule has 1 N–H and O–H groups in total. The molecule has 0 unspecified atom stereocenters. The fourth-order valence-corrected chi connectivity index (χ4v) is 5.35. The van der Waals surface area contributed by atoms with Crippen LogP contribution in [-0.4, -0.2) is 74.2 Å². The van der Waals surface area contributed by atoms with Crippen LogP contribution in [0.25, 0.3) is 0 Å². The highest BCUT2D eigenvalue weighted by Crippen LogP contribution is 2.31. The quantitative estimate of drug-likeness (QED) is 0.214. The maximum absolute atomic E-state index is 13.4. The monoisotopic (exact) mass is 612 g/mol. The van der Waals surface area contributed by atoms with E-state index in [4.69, 9.17) is 28.4 Å². The number of hydrogen-bond acceptors (Lipinski definition) is 11. The second-order valence-corrected chi connectivity index (χ2v) is 10.8. The van der Waals surface area contributed by atoms with Crippen molar-refractivity contribution >= 4 is 23.8 Å². The van der Waals surface area contributed by atoms with Crippen molar-refractivity contribution in [3.63, 3.8) is 0 Å². The summed E-state index contributed by atoms with van der Waals surface area (Å²) in [6.45, 7) is 3.01. The molecule has 44 heavy (non-hydrogen) atoms. The molecule has 238 valence electrons. The first-order chi connectivity index (χ1) is 21.3. The number of nitrogens with zero attached hydrogens (tertiary/aromatic N) is 1. The van der Waals surface area contributed by atoms with Crippen molar-refractivity contribution in [2.24, 2.45) is 11.8 Å². The molecule has 1 saturated carbocycles. The van der Waals surface area contributed by atoms with Crippen molar-refractivity contribution in [3.8, 4) is 11.5 Å². The average molecular weight is 613 g/mol. The van der Waals surface area contributed by atoms with E-state index in [0.717, 1.165) is 31.2 Å². The summed E-state index contributed by atoms with van der Waals surface area (Å²) in [5.74, 6) is -3.41. The third kappa shape index (κ3) is 8.46. The zero-order chi connectivity index (χ0) is 31.5. The number of nitrogens with one attached hydrogen (secondary N) is 1. The van der Waals surface area contributed by atoms with Gasteiger partial charge < -0.3 is 33.7 Å². The summed E-state index contributed by atoms with van der Waals surface area (Å²) in [5, 5.41) is 2.54. The van der Waals surface area contributed by atoms with Crippen LogP contribution in [0.5, 0.6) is 11.5 Å². The molecular formula is C32H40N2O10. The summed E-state index contributed by atoms with van der Waals surface area (Å²) in [4.78, 5) is 56.5. The van der Waals surface area contributed by atoms with Gasteiger partial charge in [0.05, 0.1) is 18.9 Å². The number of ether oxygens (including phenoxy) is 6. The number of methoxy groups -OCH3 is 1. The van der Waals surface area contributed by atoms with Gasteiger partial charge in [0.15, 0.2) is 23.2 Å². The van der Waals surface area contributed by atoms with Crippen LogP contribution >= 0.6 is 0 Å². The van der Waals surface area contributed by atoms with E-state index < -0.39 is 55.4 Å². The molecule has 1 aromatic carbocycles. The fourth-order valence-electron chi connectivity index (χ4n) is 5.35. The summed E-state index contributed by atoms with van der Waals surface area (Å²) in [5.41, 5.74) is 0.673. The predicted molar refractivity (Wildman–Crippen MR) is 156 cm³/mol. The third-order valence-electron chi connectivity index (χ3n) is 7.66. The topological polar surface area (TPSA) is 149 Å². The first kappa shape index (κ1) is 32.7. The number of pyridine rings is 1. The highest BCUT2D eigenvalue weighted by Gasteiger charge is 2.40. The molecule has 1 aliphatic carbocycles. The Morgan fingerprint density at radius 1 is 1.07 bits per heavy atom. The van der Waals surface area contributed by atoms with Gasteiger partial charge >= 0.3 is 17.9 Å². The standard InChI is InChI=1S/C32H40N2O10/c1-4-16-40-27-20(2)44-32(38)24(18-41-31(37)23(27)17-21-10-6-5-7-11-21)34-29(35)26-28(25(39-3)14-15-33-26)42-19-43-30(36)22-12-8-9-13-22/h5-7,10-11,14-15,20,22-24,27H,4,8-9,12-13,16-19H2,1-3H3,(H,34,35)/t20-,23+,24-,27-/m0/s1. The summed E-state index contributed by atoms with van der Waals surface area (Å²) in [7, 11) is 1.38. The smallest absolute Gasteiger partial charge is 0.332 e. The normalized spacial score (nSPS) is 22.5. The van der Waals surface area contributed by atoms with Gasteiger partial charge in [0, 0.05) is 18.9 Å². The Balaban J connectivity index is 1.49. The number of benzene rings is 1. The van der Waals surface area contributed by atoms with Gasteiger partial charge in [-0.15, -0.1) is 0 Å². The molecule has 2 aromatic rings. The third-order valence-corrected chi connectivity index (χ3v) is 7.66. The summed E-state index contributed by atoms with van der Waals surface area (Å²) >= 11 is 0. The lowest BCUT2D eigenvalue weighted by Crippen LogP contribution is -2.46. The maximum Gasteiger partial charge on any atom is 0.332 e. The fraction of sp³-hybridized carbons (Fsp3) is 0.531. The molecule has 0 bridgehead atoms. The largest absolute Gasteiger partial charge is 0.493 e. The number of hydrogen-bond donors (Lipinski definition) is 1. The molecular weight excluding hydrogens is 572 g/mol. The van der Waals surface area contributed by atoms with Crippen molar-refractivity contribution in [1.29, 1.82) is 0 Å². The number of carbonyl (C=O) groups excluding carboxylic acids is 4. The first-order valence-corrected chi connectivity index (χ1v) is 15.0. The lowest BCUT2D eigenvalue weighted by atomic mass is 9.91. The summed E-state index contributed by atoms with van der Waals surface area (Å²) < 4.78 is 33.5. The van der Waals surface area contributed by atoms with Gasteiger partial charge in [0.1, 0.15) is 18.8 Å². The van der Waals surface area contributed by atoms with Crippen molar-refractivity contribution in [3.05, 3.63) is 53.9 Å². The molecule has 2 heterocycles. The number of carbonyl (C=O) groups is 4. The van der Waals surface area contributed by atoms with Crippen molar-refractivity contribution in [1.82, 2.24) is 10.3 Å². The van der Waals surface area contributed by atoms with Gasteiger partial charge in [-0.25, -0.2) is 9.78 Å². The average Bonchev–Trinajstić information content (AvgIpc) is 3.58. The Morgan fingerprint density at radius 3 is 2.52 bits per heavy atom. The molecule has 2 fully saturated rings. The second-order valence-electron chi connectivity index (χ2n) is 10.8. The zero-order valence-electron chi connectivity index (χ0n) is 25.3. The number of rotatable bonds is 12. The van der Waals surface area contributed by atoms with E-state index in [0.29, 0.717) is 19.4 Å². The summed E-state index contributed by atoms with van der Waals surface area (Å²) in [6, 6.07) is 9.54. The second kappa shape index (κ2) is 16.0. The van der Waals surface area contributed by atoms with Crippen LogP contribution in [0.15, 0.2) is 42.6 Å². The molecule has 1 amide bonds. The minimum atomic E-state index is -1.35. The molecule has 12 heteroatoms. The van der Waals surface area contributed by atoms with E-state index in [2.05, 4.69) is 10.3 Å². The Labute approximate surface area is 256 Å². The van der Waals surface area contributed by atoms with Gasteiger partial charge in [-0.05, 0) is 38.2 Å². The Kier molecular flexibility index (Phi) is 11.9. The molecule has 4 rings (SSSR count). The molecule has 0 spiro atoms. The molecule has 0 radical (unpaired) electrons. The van der Waals surface area contributed by atoms with Crippen molar-refractivity contribution in [2.45, 2.75) is 70.6 Å². The van der Waals surface area contributed by atoms with Crippen LogP contribution in [0, 0.1) is 11.8 Å². The Morgan fingerprint density at radius 2 is 1.82 bits per heavy atom. The van der Waals surface area contributed by atoms with Crippen LogP contribution < -0.4 is 14.8 Å². The van der Waals surface area contributed by atoms with E-state index in [1.54, 1.807) is 6.92 Å². The minimum Gasteiger partial charge on any atom is -0.493 e. The van der Waals surface area contributed by atoms with E-state index in [1.165, 1.54) is 19.4 Å². The van der Waals surface area contributed by atoms with Gasteiger partial charge in [0.2, 0.25) is 6.79 Å². The molecule has 1 aliphatic heterocycles. The van der Waals surface area contributed by atoms with E-state index in [9.17, 15) is 19.2 Å². The molecule has 1 saturated heterocycles. The number of amides is 1. The Bertz CT molecular complexity index is 1280. The number of esters is 3. The van der Waals surface area contributed by atoms with Crippen LogP contribution in [-0.2, 0) is 39.8 Å². The van der Waals surface area contributed by atoms with Crippen LogP contribution in [0.2, 0.25) is 0 Å². The summed E-state index contributed by atoms with van der Waals surface area (Å²) in [6.07, 6.45) is 4.22. The van der Waals surface area contributed by atoms with Crippen LogP contribution in [0.1, 0.15) is 62.0 Å². The van der Waals surface area contributed by atoms with Crippen molar-refractivity contribution in [2.75, 3.05) is 27.1 Å². The van der Waals surface area contributed by atoms with Gasteiger partial charge in [0.25, 0.3) is 5.91 Å². The van der Waals surface area contributed by atoms with Gasteiger partial charge in [-0.1, -0.05) is 50.1 Å².